The van der Waals surface area contributed by atoms with Crippen molar-refractivity contribution in [1.29, 1.82) is 0 Å². The Bertz CT molecular complexity index is 826. The highest BCUT2D eigenvalue weighted by Crippen LogP contribution is 2.36. The largest absolute Gasteiger partial charge is 0.334 e. The van der Waals surface area contributed by atoms with Crippen LogP contribution in [0.25, 0.3) is 11.5 Å². The average molecular weight is 356 g/mol. The zero-order chi connectivity index (χ0) is 16.4. The number of hydrogen-bond acceptors (Lipinski definition) is 4. The fraction of sp³-hybridized carbons (Fsp3) is 0.300. The Morgan fingerprint density at radius 3 is 2.40 bits per heavy atom. The van der Waals surface area contributed by atoms with Crippen molar-refractivity contribution in [2.75, 3.05) is 0 Å². The van der Waals surface area contributed by atoms with Crippen molar-refractivity contribution in [3.05, 3.63) is 71.5 Å². The summed E-state index contributed by atoms with van der Waals surface area (Å²) in [4.78, 5) is 4.63. The molecule has 1 fully saturated rings. The minimum absolute atomic E-state index is 0. The molecule has 1 aliphatic rings. The first-order chi connectivity index (χ1) is 11.7. The second-order valence-corrected chi connectivity index (χ2v) is 6.61. The van der Waals surface area contributed by atoms with Gasteiger partial charge in [0.2, 0.25) is 0 Å². The van der Waals surface area contributed by atoms with Gasteiger partial charge in [-0.1, -0.05) is 66.5 Å². The number of nitrogens with zero attached hydrogens (tertiary/aromatic N) is 2. The standard InChI is InChI=1S/C20H21N3O.ClH/c21-20(12-6-7-13-20)19-22-18(24-23-19)17-11-5-4-10-16(17)14-15-8-2-1-3-9-15;/h1-5,8-11H,6-7,12-14,21H2;1H. The molecule has 0 unspecified atom stereocenters. The van der Waals surface area contributed by atoms with Crippen LogP contribution in [0.3, 0.4) is 0 Å². The topological polar surface area (TPSA) is 64.9 Å². The SMILES string of the molecule is Cl.NC1(c2noc(-c3ccccc3Cc3ccccc3)n2)CCCC1. The number of halogens is 1. The van der Waals surface area contributed by atoms with E-state index in [0.29, 0.717) is 11.7 Å². The Kier molecular flexibility index (Phi) is 5.21. The van der Waals surface area contributed by atoms with E-state index in [1.165, 1.54) is 11.1 Å². The molecule has 25 heavy (non-hydrogen) atoms. The van der Waals surface area contributed by atoms with Gasteiger partial charge < -0.3 is 10.3 Å². The average Bonchev–Trinajstić information content (AvgIpc) is 3.27. The van der Waals surface area contributed by atoms with E-state index in [1.807, 2.05) is 24.3 Å². The van der Waals surface area contributed by atoms with Crippen LogP contribution in [-0.4, -0.2) is 10.1 Å². The monoisotopic (exact) mass is 355 g/mol. The van der Waals surface area contributed by atoms with Gasteiger partial charge in [-0.05, 0) is 36.5 Å². The van der Waals surface area contributed by atoms with Gasteiger partial charge in [-0.15, -0.1) is 12.4 Å². The van der Waals surface area contributed by atoms with Gasteiger partial charge in [0.25, 0.3) is 5.89 Å². The van der Waals surface area contributed by atoms with E-state index in [9.17, 15) is 0 Å². The fourth-order valence-corrected chi connectivity index (χ4v) is 3.46. The smallest absolute Gasteiger partial charge is 0.258 e. The molecule has 0 atom stereocenters. The quantitative estimate of drug-likeness (QED) is 0.749. The zero-order valence-electron chi connectivity index (χ0n) is 14.0. The second-order valence-electron chi connectivity index (χ2n) is 6.61. The molecule has 2 aromatic carbocycles. The third-order valence-electron chi connectivity index (χ3n) is 4.85. The van der Waals surface area contributed by atoms with Crippen LogP contribution in [0.1, 0.15) is 42.6 Å². The molecule has 0 bridgehead atoms. The van der Waals surface area contributed by atoms with Crippen LogP contribution in [0.2, 0.25) is 0 Å². The highest BCUT2D eigenvalue weighted by molar-refractivity contribution is 5.85. The van der Waals surface area contributed by atoms with Gasteiger partial charge in [0.15, 0.2) is 5.82 Å². The molecule has 0 spiro atoms. The Balaban J connectivity index is 0.00000182. The maximum atomic E-state index is 6.45. The first-order valence-corrected chi connectivity index (χ1v) is 8.50. The Labute approximate surface area is 153 Å². The summed E-state index contributed by atoms with van der Waals surface area (Å²) in [5.41, 5.74) is 9.45. The van der Waals surface area contributed by atoms with Gasteiger partial charge in [-0.25, -0.2) is 0 Å². The third-order valence-corrected chi connectivity index (χ3v) is 4.85. The van der Waals surface area contributed by atoms with Crippen LogP contribution in [-0.2, 0) is 12.0 Å². The van der Waals surface area contributed by atoms with E-state index in [2.05, 4.69) is 40.5 Å². The van der Waals surface area contributed by atoms with Crippen molar-refractivity contribution in [3.8, 4) is 11.5 Å². The minimum Gasteiger partial charge on any atom is -0.334 e. The van der Waals surface area contributed by atoms with Crippen molar-refractivity contribution in [1.82, 2.24) is 10.1 Å². The summed E-state index contributed by atoms with van der Waals surface area (Å²) in [5.74, 6) is 1.21. The van der Waals surface area contributed by atoms with Crippen molar-refractivity contribution in [3.63, 3.8) is 0 Å². The molecule has 0 aliphatic heterocycles. The molecule has 3 aromatic rings. The lowest BCUT2D eigenvalue weighted by molar-refractivity contribution is 0.372. The van der Waals surface area contributed by atoms with E-state index in [0.717, 1.165) is 37.7 Å². The van der Waals surface area contributed by atoms with Crippen molar-refractivity contribution in [2.24, 2.45) is 5.73 Å². The van der Waals surface area contributed by atoms with Crippen LogP contribution in [0.15, 0.2) is 59.1 Å². The molecule has 0 saturated heterocycles. The minimum atomic E-state index is -0.421. The summed E-state index contributed by atoms with van der Waals surface area (Å²) < 4.78 is 5.57. The van der Waals surface area contributed by atoms with Crippen LogP contribution >= 0.6 is 12.4 Å². The number of aromatic nitrogens is 2. The molecule has 0 radical (unpaired) electrons. The highest BCUT2D eigenvalue weighted by Gasteiger charge is 2.36. The lowest BCUT2D eigenvalue weighted by Gasteiger charge is -2.17. The van der Waals surface area contributed by atoms with Crippen molar-refractivity contribution >= 4 is 12.4 Å². The Hall–Kier alpha value is -2.17. The summed E-state index contributed by atoms with van der Waals surface area (Å²) in [6.45, 7) is 0. The lowest BCUT2D eigenvalue weighted by Crippen LogP contribution is -2.34. The number of benzene rings is 2. The van der Waals surface area contributed by atoms with E-state index in [-0.39, 0.29) is 12.4 Å². The summed E-state index contributed by atoms with van der Waals surface area (Å²) >= 11 is 0. The Morgan fingerprint density at radius 1 is 0.960 bits per heavy atom. The first kappa shape index (κ1) is 17.6. The molecule has 1 aromatic heterocycles. The molecule has 2 N–H and O–H groups in total. The highest BCUT2D eigenvalue weighted by atomic mass is 35.5. The van der Waals surface area contributed by atoms with Crippen molar-refractivity contribution in [2.45, 2.75) is 37.6 Å². The molecule has 5 heteroatoms. The first-order valence-electron chi connectivity index (χ1n) is 8.50. The molecule has 1 saturated carbocycles. The number of rotatable bonds is 4. The van der Waals surface area contributed by atoms with E-state index in [1.54, 1.807) is 0 Å². The zero-order valence-corrected chi connectivity index (χ0v) is 14.8. The molecule has 130 valence electrons. The Morgan fingerprint density at radius 2 is 1.64 bits per heavy atom. The predicted octanol–water partition coefficient (Wildman–Crippen LogP) is 4.48. The van der Waals surface area contributed by atoms with Crippen LogP contribution in [0.5, 0.6) is 0 Å². The molecular formula is C20H22ClN3O. The van der Waals surface area contributed by atoms with Gasteiger partial charge in [0.1, 0.15) is 0 Å². The van der Waals surface area contributed by atoms with Crippen LogP contribution in [0.4, 0.5) is 0 Å². The predicted molar refractivity (Wildman–Crippen MR) is 101 cm³/mol. The summed E-state index contributed by atoms with van der Waals surface area (Å²) in [5, 5.41) is 4.18. The molecule has 1 heterocycles. The number of nitrogens with two attached hydrogens (primary N) is 1. The molecule has 4 rings (SSSR count). The van der Waals surface area contributed by atoms with Gasteiger partial charge in [-0.2, -0.15) is 4.98 Å². The lowest BCUT2D eigenvalue weighted by atomic mass is 9.98. The van der Waals surface area contributed by atoms with Gasteiger partial charge in [0.05, 0.1) is 5.54 Å². The molecule has 0 amide bonds. The molecule has 1 aliphatic carbocycles. The maximum absolute atomic E-state index is 6.45. The van der Waals surface area contributed by atoms with E-state index < -0.39 is 5.54 Å². The van der Waals surface area contributed by atoms with Gasteiger partial charge >= 0.3 is 0 Å². The van der Waals surface area contributed by atoms with E-state index in [4.69, 9.17) is 10.3 Å². The summed E-state index contributed by atoms with van der Waals surface area (Å²) in [6.07, 6.45) is 4.95. The van der Waals surface area contributed by atoms with Crippen LogP contribution < -0.4 is 5.73 Å². The summed E-state index contributed by atoms with van der Waals surface area (Å²) in [6, 6.07) is 18.6. The molecular weight excluding hydrogens is 334 g/mol. The maximum Gasteiger partial charge on any atom is 0.258 e. The second kappa shape index (κ2) is 7.38. The van der Waals surface area contributed by atoms with Crippen LogP contribution in [0, 0.1) is 0 Å². The number of hydrogen-bond donors (Lipinski definition) is 1. The summed E-state index contributed by atoms with van der Waals surface area (Å²) in [7, 11) is 0. The van der Waals surface area contributed by atoms with Gasteiger partial charge in [-0.3, -0.25) is 0 Å². The third kappa shape index (κ3) is 3.60. The fourth-order valence-electron chi connectivity index (χ4n) is 3.46. The van der Waals surface area contributed by atoms with Crippen molar-refractivity contribution < 1.29 is 4.52 Å². The molecule has 4 nitrogen and oxygen atoms in total. The van der Waals surface area contributed by atoms with Gasteiger partial charge in [0, 0.05) is 5.56 Å². The van der Waals surface area contributed by atoms with E-state index >= 15 is 0 Å². The normalized spacial score (nSPS) is 15.7.